The molecule has 0 spiro atoms. The quantitative estimate of drug-likeness (QED) is 0.737. The molecule has 21 heavy (non-hydrogen) atoms. The lowest BCUT2D eigenvalue weighted by molar-refractivity contribution is 0.107. The summed E-state index contributed by atoms with van der Waals surface area (Å²) in [5.41, 5.74) is -0.0516. The van der Waals surface area contributed by atoms with E-state index in [1.54, 1.807) is 18.2 Å². The highest BCUT2D eigenvalue weighted by Gasteiger charge is 2.37. The zero-order valence-electron chi connectivity index (χ0n) is 12.6. The minimum atomic E-state index is -1.93. The average molecular weight is 309 g/mol. The SMILES string of the molecule is COc1cccc(OC)c1C(=O)[P+](=O)CC1CCCCC1. The van der Waals surface area contributed by atoms with E-state index in [1.807, 2.05) is 0 Å². The Morgan fingerprint density at radius 1 is 1.14 bits per heavy atom. The van der Waals surface area contributed by atoms with Crippen LogP contribution in [-0.4, -0.2) is 25.9 Å². The molecule has 1 aromatic carbocycles. The molecule has 2 rings (SSSR count). The van der Waals surface area contributed by atoms with E-state index >= 15 is 0 Å². The summed E-state index contributed by atoms with van der Waals surface area (Å²) < 4.78 is 22.9. The van der Waals surface area contributed by atoms with Gasteiger partial charge < -0.3 is 9.47 Å². The van der Waals surface area contributed by atoms with Gasteiger partial charge in [0, 0.05) is 5.92 Å². The normalized spacial score (nSPS) is 16.4. The van der Waals surface area contributed by atoms with Crippen molar-refractivity contribution < 1.29 is 18.8 Å². The summed E-state index contributed by atoms with van der Waals surface area (Å²) in [6.07, 6.45) is 6.26. The second-order valence-electron chi connectivity index (χ2n) is 5.41. The van der Waals surface area contributed by atoms with Gasteiger partial charge in [0.05, 0.1) is 14.2 Å². The third kappa shape index (κ3) is 3.82. The molecule has 0 amide bonds. The fourth-order valence-electron chi connectivity index (χ4n) is 2.87. The number of ether oxygens (including phenoxy) is 2. The smallest absolute Gasteiger partial charge is 0.420 e. The first kappa shape index (κ1) is 16.0. The summed E-state index contributed by atoms with van der Waals surface area (Å²) in [5.74, 6) is 1.25. The van der Waals surface area contributed by atoms with E-state index in [0.717, 1.165) is 12.8 Å². The molecular formula is C16H22O4P+. The molecule has 0 aliphatic heterocycles. The number of methoxy groups -OCH3 is 2. The van der Waals surface area contributed by atoms with Crippen LogP contribution in [0.1, 0.15) is 42.5 Å². The second-order valence-corrected chi connectivity index (χ2v) is 6.94. The Labute approximate surface area is 126 Å². The first-order valence-electron chi connectivity index (χ1n) is 7.37. The third-order valence-corrected chi connectivity index (χ3v) is 5.54. The van der Waals surface area contributed by atoms with Crippen LogP contribution in [0.4, 0.5) is 0 Å². The Morgan fingerprint density at radius 2 is 1.71 bits per heavy atom. The molecule has 0 radical (unpaired) electrons. The van der Waals surface area contributed by atoms with Gasteiger partial charge >= 0.3 is 13.3 Å². The van der Waals surface area contributed by atoms with Crippen LogP contribution < -0.4 is 9.47 Å². The predicted molar refractivity (Wildman–Crippen MR) is 82.9 cm³/mol. The fourth-order valence-corrected chi connectivity index (χ4v) is 4.34. The molecule has 1 aliphatic rings. The summed E-state index contributed by atoms with van der Waals surface area (Å²) in [5, 5.41) is 0. The topological polar surface area (TPSA) is 52.6 Å². The van der Waals surface area contributed by atoms with Gasteiger partial charge in [-0.15, -0.1) is 0 Å². The summed E-state index contributed by atoms with van der Waals surface area (Å²) in [4.78, 5) is 12.5. The van der Waals surface area contributed by atoms with Crippen molar-refractivity contribution in [2.75, 3.05) is 20.4 Å². The van der Waals surface area contributed by atoms with Gasteiger partial charge in [-0.25, -0.2) is 4.79 Å². The van der Waals surface area contributed by atoms with Crippen LogP contribution in [0.2, 0.25) is 0 Å². The largest absolute Gasteiger partial charge is 0.496 e. The third-order valence-electron chi connectivity index (χ3n) is 4.02. The predicted octanol–water partition coefficient (Wildman–Crippen LogP) is 4.25. The molecular weight excluding hydrogens is 287 g/mol. The van der Waals surface area contributed by atoms with Gasteiger partial charge in [-0.3, -0.25) is 0 Å². The van der Waals surface area contributed by atoms with Crippen LogP contribution in [0.5, 0.6) is 11.5 Å². The molecule has 1 atom stereocenters. The van der Waals surface area contributed by atoms with Gasteiger partial charge in [-0.1, -0.05) is 29.9 Å². The van der Waals surface area contributed by atoms with E-state index in [1.165, 1.54) is 33.5 Å². The van der Waals surface area contributed by atoms with Crippen molar-refractivity contribution in [2.24, 2.45) is 5.92 Å². The van der Waals surface area contributed by atoms with E-state index in [9.17, 15) is 9.36 Å². The van der Waals surface area contributed by atoms with E-state index in [-0.39, 0.29) is 5.52 Å². The molecule has 114 valence electrons. The van der Waals surface area contributed by atoms with Crippen molar-refractivity contribution in [1.82, 2.24) is 0 Å². The van der Waals surface area contributed by atoms with Crippen molar-refractivity contribution in [1.29, 1.82) is 0 Å². The molecule has 1 saturated carbocycles. The Kier molecular flexibility index (Phi) is 5.75. The van der Waals surface area contributed by atoms with E-state index in [2.05, 4.69) is 0 Å². The van der Waals surface area contributed by atoms with Gasteiger partial charge in [0.2, 0.25) is 0 Å². The maximum atomic E-state index is 12.5. The summed E-state index contributed by atoms with van der Waals surface area (Å²) in [7, 11) is 1.07. The highest BCUT2D eigenvalue weighted by atomic mass is 31.1. The van der Waals surface area contributed by atoms with Gasteiger partial charge in [-0.05, 0) is 25.0 Å². The molecule has 5 heteroatoms. The van der Waals surface area contributed by atoms with Gasteiger partial charge in [0.1, 0.15) is 11.5 Å². The van der Waals surface area contributed by atoms with Crippen molar-refractivity contribution in [2.45, 2.75) is 32.1 Å². The molecule has 0 aromatic heterocycles. The number of hydrogen-bond acceptors (Lipinski definition) is 4. The van der Waals surface area contributed by atoms with Gasteiger partial charge in [0.25, 0.3) is 0 Å². The van der Waals surface area contributed by atoms with Crippen molar-refractivity contribution in [3.63, 3.8) is 0 Å². The summed E-state index contributed by atoms with van der Waals surface area (Å²) in [6.45, 7) is 0. The zero-order chi connectivity index (χ0) is 15.2. The summed E-state index contributed by atoms with van der Waals surface area (Å²) >= 11 is 0. The molecule has 1 unspecified atom stereocenters. The van der Waals surface area contributed by atoms with E-state index in [4.69, 9.17) is 9.47 Å². The van der Waals surface area contributed by atoms with Crippen LogP contribution in [-0.2, 0) is 4.57 Å². The fraction of sp³-hybridized carbons (Fsp3) is 0.562. The molecule has 0 saturated heterocycles. The van der Waals surface area contributed by atoms with Crippen LogP contribution >= 0.6 is 7.80 Å². The molecule has 0 heterocycles. The summed E-state index contributed by atoms with van der Waals surface area (Å²) in [6, 6.07) is 5.14. The maximum Gasteiger partial charge on any atom is 0.420 e. The number of carbonyl (C=O) groups excluding carboxylic acids is 1. The Hall–Kier alpha value is -1.41. The standard InChI is InChI=1S/C16H22O4P/c1-19-13-9-6-10-14(20-2)15(13)16(17)21(18)11-12-7-4-3-5-8-12/h6,9-10,12H,3-5,7-8,11H2,1-2H3/q+1. The lowest BCUT2D eigenvalue weighted by atomic mass is 9.91. The van der Waals surface area contributed by atoms with Crippen LogP contribution in [0.3, 0.4) is 0 Å². The minimum Gasteiger partial charge on any atom is -0.496 e. The molecule has 0 N–H and O–H groups in total. The first-order chi connectivity index (χ1) is 10.2. The van der Waals surface area contributed by atoms with Gasteiger partial charge in [-0.2, -0.15) is 0 Å². The highest BCUT2D eigenvalue weighted by Crippen LogP contribution is 2.40. The number of carbonyl (C=O) groups is 1. The lowest BCUT2D eigenvalue weighted by Crippen LogP contribution is -2.11. The van der Waals surface area contributed by atoms with Crippen molar-refractivity contribution in [3.05, 3.63) is 23.8 Å². The average Bonchev–Trinajstić information content (AvgIpc) is 2.54. The van der Waals surface area contributed by atoms with Crippen molar-refractivity contribution in [3.8, 4) is 11.5 Å². The number of benzene rings is 1. The lowest BCUT2D eigenvalue weighted by Gasteiger charge is -2.17. The number of hydrogen-bond donors (Lipinski definition) is 0. The highest BCUT2D eigenvalue weighted by molar-refractivity contribution is 7.64. The van der Waals surface area contributed by atoms with Crippen LogP contribution in [0, 0.1) is 5.92 Å². The van der Waals surface area contributed by atoms with Crippen molar-refractivity contribution >= 4 is 13.3 Å². The Bertz CT molecular complexity index is 499. The second kappa shape index (κ2) is 7.56. The molecule has 1 aromatic rings. The first-order valence-corrected chi connectivity index (χ1v) is 8.81. The van der Waals surface area contributed by atoms with Gasteiger partial charge in [0.15, 0.2) is 11.7 Å². The van der Waals surface area contributed by atoms with E-state index in [0.29, 0.717) is 29.1 Å². The number of rotatable bonds is 6. The Balaban J connectivity index is 2.16. The van der Waals surface area contributed by atoms with Crippen LogP contribution in [0.25, 0.3) is 0 Å². The molecule has 0 bridgehead atoms. The van der Waals surface area contributed by atoms with E-state index < -0.39 is 7.80 Å². The monoisotopic (exact) mass is 309 g/mol. The maximum absolute atomic E-state index is 12.5. The zero-order valence-corrected chi connectivity index (χ0v) is 13.5. The molecule has 1 aliphatic carbocycles. The Morgan fingerprint density at radius 3 is 2.24 bits per heavy atom. The minimum absolute atomic E-state index is 0.305. The van der Waals surface area contributed by atoms with Crippen LogP contribution in [0.15, 0.2) is 18.2 Å². The molecule has 4 nitrogen and oxygen atoms in total. The molecule has 1 fully saturated rings.